The van der Waals surface area contributed by atoms with Crippen LogP contribution in [0.5, 0.6) is 5.75 Å². The normalized spacial score (nSPS) is 10.3. The third-order valence-corrected chi connectivity index (χ3v) is 3.23. The van der Waals surface area contributed by atoms with Crippen LogP contribution in [0.3, 0.4) is 0 Å². The van der Waals surface area contributed by atoms with Crippen LogP contribution < -0.4 is 10.1 Å². The van der Waals surface area contributed by atoms with Gasteiger partial charge < -0.3 is 10.1 Å². The van der Waals surface area contributed by atoms with Crippen LogP contribution in [0.15, 0.2) is 53.0 Å². The first kappa shape index (κ1) is 15.5. The molecule has 0 fully saturated rings. The van der Waals surface area contributed by atoms with Gasteiger partial charge in [0.2, 0.25) is 0 Å². The second-order valence-corrected chi connectivity index (χ2v) is 5.33. The molecule has 1 N–H and O–H groups in total. The molecule has 21 heavy (non-hydrogen) atoms. The van der Waals surface area contributed by atoms with E-state index in [1.165, 1.54) is 6.07 Å². The molecule has 5 nitrogen and oxygen atoms in total. The summed E-state index contributed by atoms with van der Waals surface area (Å²) in [5, 5.41) is 14.0. The van der Waals surface area contributed by atoms with Crippen LogP contribution in [0.1, 0.15) is 5.56 Å². The number of benzene rings is 2. The number of non-ortho nitro benzene ring substituents is 1. The van der Waals surface area contributed by atoms with Crippen molar-refractivity contribution >= 4 is 21.6 Å². The molecule has 2 rings (SSSR count). The monoisotopic (exact) mass is 350 g/mol. The second-order valence-electron chi connectivity index (χ2n) is 4.41. The number of nitro benzene ring substituents is 1. The predicted molar refractivity (Wildman–Crippen MR) is 84.4 cm³/mol. The molecule has 0 bridgehead atoms. The summed E-state index contributed by atoms with van der Waals surface area (Å²) in [6, 6.07) is 14.5. The minimum absolute atomic E-state index is 0.0849. The molecule has 0 saturated heterocycles. The summed E-state index contributed by atoms with van der Waals surface area (Å²) >= 11 is 3.28. The largest absolute Gasteiger partial charge is 0.492 e. The van der Waals surface area contributed by atoms with E-state index in [4.69, 9.17) is 4.74 Å². The number of hydrogen-bond acceptors (Lipinski definition) is 4. The summed E-state index contributed by atoms with van der Waals surface area (Å²) in [4.78, 5) is 10.4. The number of nitrogens with zero attached hydrogens (tertiary/aromatic N) is 1. The van der Waals surface area contributed by atoms with Crippen molar-refractivity contribution in [3.05, 3.63) is 68.7 Å². The average molecular weight is 351 g/mol. The van der Waals surface area contributed by atoms with E-state index in [0.717, 1.165) is 11.3 Å². The Morgan fingerprint density at radius 2 is 1.95 bits per heavy atom. The quantitative estimate of drug-likeness (QED) is 0.471. The van der Waals surface area contributed by atoms with Gasteiger partial charge in [0.15, 0.2) is 0 Å². The third-order valence-electron chi connectivity index (χ3n) is 2.77. The Morgan fingerprint density at radius 3 is 2.67 bits per heavy atom. The third kappa shape index (κ3) is 5.17. The number of nitrogens with one attached hydrogen (secondary N) is 1. The molecule has 0 atom stereocenters. The fraction of sp³-hybridized carbons (Fsp3) is 0.200. The Labute approximate surface area is 131 Å². The molecule has 110 valence electrons. The van der Waals surface area contributed by atoms with Crippen LogP contribution >= 0.6 is 15.9 Å². The van der Waals surface area contributed by atoms with E-state index in [2.05, 4.69) is 21.2 Å². The van der Waals surface area contributed by atoms with E-state index >= 15 is 0 Å². The first-order valence-corrected chi connectivity index (χ1v) is 7.27. The molecule has 0 spiro atoms. The summed E-state index contributed by atoms with van der Waals surface area (Å²) in [7, 11) is 0. The van der Waals surface area contributed by atoms with Crippen molar-refractivity contribution in [1.29, 1.82) is 0 Å². The molecule has 0 aliphatic heterocycles. The summed E-state index contributed by atoms with van der Waals surface area (Å²) in [6.07, 6.45) is 0. The van der Waals surface area contributed by atoms with Gasteiger partial charge in [-0.3, -0.25) is 10.1 Å². The van der Waals surface area contributed by atoms with E-state index in [1.807, 2.05) is 36.4 Å². The zero-order valence-electron chi connectivity index (χ0n) is 11.3. The lowest BCUT2D eigenvalue weighted by Crippen LogP contribution is -2.20. The maximum atomic E-state index is 10.8. The van der Waals surface area contributed by atoms with Gasteiger partial charge in [0.1, 0.15) is 12.4 Å². The van der Waals surface area contributed by atoms with Gasteiger partial charge in [0.05, 0.1) is 4.92 Å². The lowest BCUT2D eigenvalue weighted by molar-refractivity contribution is -0.385. The molecule has 0 saturated carbocycles. The average Bonchev–Trinajstić information content (AvgIpc) is 2.47. The SMILES string of the molecule is O=[N+]([O-])c1cc(Br)cc(CNCCOc2ccccc2)c1. The van der Waals surface area contributed by atoms with Gasteiger partial charge in [-0.15, -0.1) is 0 Å². The Kier molecular flexibility index (Phi) is 5.71. The molecular formula is C15H15BrN2O3. The molecule has 0 aliphatic carbocycles. The van der Waals surface area contributed by atoms with E-state index < -0.39 is 4.92 Å². The fourth-order valence-electron chi connectivity index (χ4n) is 1.83. The lowest BCUT2D eigenvalue weighted by atomic mass is 10.2. The first-order chi connectivity index (χ1) is 10.1. The zero-order chi connectivity index (χ0) is 15.1. The Balaban J connectivity index is 1.77. The molecule has 6 heteroatoms. The zero-order valence-corrected chi connectivity index (χ0v) is 12.9. The maximum Gasteiger partial charge on any atom is 0.270 e. The molecule has 2 aromatic rings. The second kappa shape index (κ2) is 7.75. The van der Waals surface area contributed by atoms with Crippen molar-refractivity contribution in [3.63, 3.8) is 0 Å². The molecule has 0 amide bonds. The van der Waals surface area contributed by atoms with Crippen molar-refractivity contribution < 1.29 is 9.66 Å². The summed E-state index contributed by atoms with van der Waals surface area (Å²) in [5.74, 6) is 0.831. The Morgan fingerprint density at radius 1 is 1.19 bits per heavy atom. The number of nitro groups is 1. The van der Waals surface area contributed by atoms with Crippen LogP contribution in [-0.2, 0) is 6.54 Å². The van der Waals surface area contributed by atoms with Gasteiger partial charge in [-0.25, -0.2) is 0 Å². The van der Waals surface area contributed by atoms with Gasteiger partial charge in [-0.2, -0.15) is 0 Å². The van der Waals surface area contributed by atoms with Gasteiger partial charge in [-0.1, -0.05) is 34.1 Å². The van der Waals surface area contributed by atoms with E-state index in [0.29, 0.717) is 24.2 Å². The van der Waals surface area contributed by atoms with Crippen molar-refractivity contribution in [3.8, 4) is 5.75 Å². The number of hydrogen-bond donors (Lipinski definition) is 1. The lowest BCUT2D eigenvalue weighted by Gasteiger charge is -2.08. The van der Waals surface area contributed by atoms with Crippen LogP contribution in [0, 0.1) is 10.1 Å². The number of halogens is 1. The molecule has 0 aromatic heterocycles. The van der Waals surface area contributed by atoms with Gasteiger partial charge >= 0.3 is 0 Å². The van der Waals surface area contributed by atoms with Crippen LogP contribution in [-0.4, -0.2) is 18.1 Å². The van der Waals surface area contributed by atoms with Gasteiger partial charge in [0.25, 0.3) is 5.69 Å². The predicted octanol–water partition coefficient (Wildman–Crippen LogP) is 3.53. The van der Waals surface area contributed by atoms with E-state index in [-0.39, 0.29) is 5.69 Å². The van der Waals surface area contributed by atoms with E-state index in [9.17, 15) is 10.1 Å². The molecular weight excluding hydrogens is 336 g/mol. The van der Waals surface area contributed by atoms with Crippen molar-refractivity contribution in [2.75, 3.05) is 13.2 Å². The number of para-hydroxylation sites is 1. The van der Waals surface area contributed by atoms with Gasteiger partial charge in [0, 0.05) is 29.7 Å². The highest BCUT2D eigenvalue weighted by Gasteiger charge is 2.08. The first-order valence-electron chi connectivity index (χ1n) is 6.47. The number of rotatable bonds is 7. The van der Waals surface area contributed by atoms with Gasteiger partial charge in [-0.05, 0) is 23.8 Å². The summed E-state index contributed by atoms with van der Waals surface area (Å²) < 4.78 is 6.25. The van der Waals surface area contributed by atoms with Crippen LogP contribution in [0.2, 0.25) is 0 Å². The Bertz CT molecular complexity index is 605. The maximum absolute atomic E-state index is 10.8. The smallest absolute Gasteiger partial charge is 0.270 e. The topological polar surface area (TPSA) is 64.4 Å². The van der Waals surface area contributed by atoms with Crippen LogP contribution in [0.25, 0.3) is 0 Å². The standard InChI is InChI=1S/C15H15BrN2O3/c16-13-8-12(9-14(10-13)18(19)20)11-17-6-7-21-15-4-2-1-3-5-15/h1-5,8-10,17H,6-7,11H2. The molecule has 0 aliphatic rings. The minimum Gasteiger partial charge on any atom is -0.492 e. The van der Waals surface area contributed by atoms with E-state index in [1.54, 1.807) is 6.07 Å². The van der Waals surface area contributed by atoms with Crippen molar-refractivity contribution in [1.82, 2.24) is 5.32 Å². The number of ether oxygens (including phenoxy) is 1. The highest BCUT2D eigenvalue weighted by atomic mass is 79.9. The highest BCUT2D eigenvalue weighted by molar-refractivity contribution is 9.10. The summed E-state index contributed by atoms with van der Waals surface area (Å²) in [6.45, 7) is 1.76. The molecule has 0 radical (unpaired) electrons. The van der Waals surface area contributed by atoms with Crippen molar-refractivity contribution in [2.24, 2.45) is 0 Å². The molecule has 2 aromatic carbocycles. The Hall–Kier alpha value is -1.92. The molecule has 0 heterocycles. The molecule has 0 unspecified atom stereocenters. The highest BCUT2D eigenvalue weighted by Crippen LogP contribution is 2.21. The summed E-state index contributed by atoms with van der Waals surface area (Å²) in [5.41, 5.74) is 0.942. The fourth-order valence-corrected chi connectivity index (χ4v) is 2.36. The van der Waals surface area contributed by atoms with Crippen molar-refractivity contribution in [2.45, 2.75) is 6.54 Å². The van der Waals surface area contributed by atoms with Crippen LogP contribution in [0.4, 0.5) is 5.69 Å². The minimum atomic E-state index is -0.396.